The van der Waals surface area contributed by atoms with Crippen LogP contribution < -0.4 is 4.74 Å². The van der Waals surface area contributed by atoms with Crippen LogP contribution in [0.4, 0.5) is 0 Å². The monoisotopic (exact) mass is 492 g/mol. The minimum atomic E-state index is -0.876. The molecule has 36 heavy (non-hydrogen) atoms. The predicted molar refractivity (Wildman–Crippen MR) is 130 cm³/mol. The van der Waals surface area contributed by atoms with E-state index in [1.165, 1.54) is 19.1 Å². The van der Waals surface area contributed by atoms with Gasteiger partial charge in [-0.25, -0.2) is 9.78 Å². The summed E-state index contributed by atoms with van der Waals surface area (Å²) in [6.45, 7) is 4.18. The highest BCUT2D eigenvalue weighted by atomic mass is 16.5. The predicted octanol–water partition coefficient (Wildman–Crippen LogP) is 3.14. The van der Waals surface area contributed by atoms with Crippen molar-refractivity contribution in [1.29, 1.82) is 0 Å². The highest BCUT2D eigenvalue weighted by molar-refractivity contribution is 6.46. The molecule has 1 aliphatic heterocycles. The number of carbonyl (C=O) groups is 3. The smallest absolute Gasteiger partial charge is 0.354 e. The third kappa shape index (κ3) is 4.26. The van der Waals surface area contributed by atoms with Crippen LogP contribution in [0.3, 0.4) is 0 Å². The molecule has 1 amide bonds. The second kappa shape index (κ2) is 10.1. The van der Waals surface area contributed by atoms with Crippen LogP contribution in [0.15, 0.2) is 48.6 Å². The maximum atomic E-state index is 13.4. The van der Waals surface area contributed by atoms with Crippen LogP contribution >= 0.6 is 0 Å². The molecule has 1 aromatic carbocycles. The topological polar surface area (TPSA) is 127 Å². The lowest BCUT2D eigenvalue weighted by atomic mass is 9.93. The Balaban J connectivity index is 1.83. The van der Waals surface area contributed by atoms with Gasteiger partial charge in [0.25, 0.3) is 11.7 Å². The number of ether oxygens (including phenoxy) is 2. The molecule has 1 saturated heterocycles. The molecule has 0 saturated carbocycles. The lowest BCUT2D eigenvalue weighted by Crippen LogP contribution is -2.31. The number of likely N-dealkylation sites (tertiary alicyclic amines) is 1. The van der Waals surface area contributed by atoms with Gasteiger partial charge in [-0.2, -0.15) is 0 Å². The van der Waals surface area contributed by atoms with Crippen molar-refractivity contribution in [2.45, 2.75) is 32.9 Å². The van der Waals surface area contributed by atoms with E-state index in [1.54, 1.807) is 50.6 Å². The third-order valence-electron chi connectivity index (χ3n) is 6.41. The molecule has 0 aliphatic carbocycles. The number of amides is 1. The molecule has 1 atom stereocenters. The number of benzene rings is 1. The number of Topliss-reactive ketones (excluding diaryl/α,β-unsaturated/α-hetero) is 1. The van der Waals surface area contributed by atoms with E-state index in [2.05, 4.69) is 9.97 Å². The Morgan fingerprint density at radius 3 is 2.58 bits per heavy atom. The van der Waals surface area contributed by atoms with Gasteiger partial charge >= 0.3 is 5.97 Å². The molecule has 10 nitrogen and oxygen atoms in total. The van der Waals surface area contributed by atoms with Gasteiger partial charge in [-0.15, -0.1) is 0 Å². The molecule has 2 N–H and O–H groups in total. The summed E-state index contributed by atoms with van der Waals surface area (Å²) in [5.41, 5.74) is 1.85. The van der Waals surface area contributed by atoms with E-state index in [9.17, 15) is 19.5 Å². The van der Waals surface area contributed by atoms with Crippen molar-refractivity contribution in [3.63, 3.8) is 0 Å². The summed E-state index contributed by atoms with van der Waals surface area (Å²) < 4.78 is 12.2. The number of rotatable bonds is 8. The first kappa shape index (κ1) is 24.8. The number of aliphatic hydroxyl groups excluding tert-OH is 1. The lowest BCUT2D eigenvalue weighted by Gasteiger charge is -2.26. The highest BCUT2D eigenvalue weighted by Gasteiger charge is 2.47. The number of hydrogen-bond acceptors (Lipinski definition) is 7. The zero-order valence-corrected chi connectivity index (χ0v) is 20.6. The number of aliphatic hydroxyl groups is 1. The number of aromatic nitrogens is 3. The normalized spacial score (nSPS) is 17.0. The number of methoxy groups -OCH3 is 2. The Hall–Kier alpha value is -4.34. The van der Waals surface area contributed by atoms with Gasteiger partial charge in [0.2, 0.25) is 0 Å². The van der Waals surface area contributed by atoms with Crippen LogP contribution in [-0.2, 0) is 20.9 Å². The van der Waals surface area contributed by atoms with Crippen molar-refractivity contribution in [2.75, 3.05) is 20.8 Å². The molecular formula is C26H28N4O6. The number of ketones is 1. The molecule has 0 bridgehead atoms. The molecule has 0 spiro atoms. The third-order valence-corrected chi connectivity index (χ3v) is 6.41. The Labute approximate surface area is 208 Å². The van der Waals surface area contributed by atoms with Crippen molar-refractivity contribution in [1.82, 2.24) is 19.4 Å². The summed E-state index contributed by atoms with van der Waals surface area (Å²) in [6, 6.07) is 6.20. The second-order valence-electron chi connectivity index (χ2n) is 8.51. The largest absolute Gasteiger partial charge is 0.507 e. The maximum absolute atomic E-state index is 13.4. The summed E-state index contributed by atoms with van der Waals surface area (Å²) in [5, 5.41) is 11.5. The number of aromatic amines is 1. The SMILES string of the molecule is COC(=O)c1[nH]c(C)c(/C(O)=C2\C(=O)C(=O)N(CCCn3ccnc3)[C@@H]2c2ccccc2OC)c1C. The van der Waals surface area contributed by atoms with Crippen molar-refractivity contribution in [3.8, 4) is 5.75 Å². The highest BCUT2D eigenvalue weighted by Crippen LogP contribution is 2.43. The summed E-state index contributed by atoms with van der Waals surface area (Å²) >= 11 is 0. The number of nitrogens with one attached hydrogen (secondary N) is 1. The van der Waals surface area contributed by atoms with Gasteiger partial charge in [0, 0.05) is 42.3 Å². The number of esters is 1. The van der Waals surface area contributed by atoms with E-state index in [0.29, 0.717) is 35.5 Å². The van der Waals surface area contributed by atoms with Crippen LogP contribution in [0.25, 0.3) is 5.76 Å². The molecule has 0 unspecified atom stereocenters. The van der Waals surface area contributed by atoms with E-state index in [4.69, 9.17) is 9.47 Å². The minimum Gasteiger partial charge on any atom is -0.507 e. The fraction of sp³-hybridized carbons (Fsp3) is 0.308. The van der Waals surface area contributed by atoms with Crippen LogP contribution in [0.5, 0.6) is 5.75 Å². The first-order valence-electron chi connectivity index (χ1n) is 11.4. The molecule has 3 aromatic rings. The van der Waals surface area contributed by atoms with E-state index in [-0.39, 0.29) is 29.1 Å². The number of H-pyrrole nitrogens is 1. The average molecular weight is 493 g/mol. The fourth-order valence-corrected chi connectivity index (χ4v) is 4.71. The van der Waals surface area contributed by atoms with Gasteiger partial charge < -0.3 is 29.0 Å². The zero-order valence-electron chi connectivity index (χ0n) is 20.6. The number of hydrogen-bond donors (Lipinski definition) is 2. The molecule has 4 rings (SSSR count). The van der Waals surface area contributed by atoms with Crippen LogP contribution in [0.1, 0.15) is 45.3 Å². The molecular weight excluding hydrogens is 464 g/mol. The van der Waals surface area contributed by atoms with Crippen LogP contribution in [0, 0.1) is 13.8 Å². The van der Waals surface area contributed by atoms with Crippen molar-refractivity contribution < 1.29 is 29.0 Å². The number of para-hydroxylation sites is 1. The van der Waals surface area contributed by atoms with Gasteiger partial charge in [-0.3, -0.25) is 9.59 Å². The number of imidazole rings is 1. The van der Waals surface area contributed by atoms with Crippen molar-refractivity contribution >= 4 is 23.4 Å². The maximum Gasteiger partial charge on any atom is 0.354 e. The summed E-state index contributed by atoms with van der Waals surface area (Å²) in [4.78, 5) is 47.2. The lowest BCUT2D eigenvalue weighted by molar-refractivity contribution is -0.140. The van der Waals surface area contributed by atoms with Gasteiger partial charge in [-0.1, -0.05) is 18.2 Å². The van der Waals surface area contributed by atoms with E-state index in [1.807, 2.05) is 10.8 Å². The van der Waals surface area contributed by atoms with Crippen molar-refractivity contribution in [2.24, 2.45) is 0 Å². The second-order valence-corrected chi connectivity index (χ2v) is 8.51. The van der Waals surface area contributed by atoms with Crippen LogP contribution in [-0.4, -0.2) is 63.0 Å². The molecule has 3 heterocycles. The Kier molecular flexibility index (Phi) is 6.96. The van der Waals surface area contributed by atoms with Gasteiger partial charge in [-0.05, 0) is 31.9 Å². The molecule has 1 fully saturated rings. The van der Waals surface area contributed by atoms with E-state index >= 15 is 0 Å². The summed E-state index contributed by atoms with van der Waals surface area (Å²) in [5.74, 6) is -1.99. The molecule has 1 aliphatic rings. The molecule has 2 aromatic heterocycles. The summed E-state index contributed by atoms with van der Waals surface area (Å²) in [6.07, 6.45) is 5.74. The van der Waals surface area contributed by atoms with Gasteiger partial charge in [0.1, 0.15) is 17.2 Å². The van der Waals surface area contributed by atoms with Gasteiger partial charge in [0.05, 0.1) is 32.2 Å². The fourth-order valence-electron chi connectivity index (χ4n) is 4.71. The number of aryl methyl sites for hydroxylation is 2. The molecule has 10 heteroatoms. The van der Waals surface area contributed by atoms with Crippen LogP contribution in [0.2, 0.25) is 0 Å². The number of carbonyl (C=O) groups excluding carboxylic acids is 3. The van der Waals surface area contributed by atoms with E-state index in [0.717, 1.165) is 0 Å². The minimum absolute atomic E-state index is 0.0613. The first-order valence-corrected chi connectivity index (χ1v) is 11.4. The van der Waals surface area contributed by atoms with Gasteiger partial charge in [0.15, 0.2) is 0 Å². The molecule has 0 radical (unpaired) electrons. The van der Waals surface area contributed by atoms with Crippen molar-refractivity contribution in [3.05, 3.63) is 76.6 Å². The Morgan fingerprint density at radius 1 is 1.17 bits per heavy atom. The molecule has 188 valence electrons. The number of nitrogens with zero attached hydrogens (tertiary/aromatic N) is 3. The zero-order chi connectivity index (χ0) is 26.0. The quantitative estimate of drug-likeness (QED) is 0.214. The Morgan fingerprint density at radius 2 is 1.92 bits per heavy atom. The standard InChI is InChI=1S/C26H28N4O6/c1-15-19(16(2)28-21(15)26(34)36-4)23(31)20-22(17-8-5-6-9-18(17)35-3)30(25(33)24(20)32)12-7-11-29-13-10-27-14-29/h5-6,8-10,13-14,22,28,31H,7,11-12H2,1-4H3/b23-20+/t22-/m1/s1. The summed E-state index contributed by atoms with van der Waals surface area (Å²) in [7, 11) is 2.77. The average Bonchev–Trinajstić information content (AvgIpc) is 3.56. The van der Waals surface area contributed by atoms with E-state index < -0.39 is 23.7 Å². The first-order chi connectivity index (χ1) is 17.3. The Bertz CT molecular complexity index is 1340.